The third-order valence-corrected chi connectivity index (χ3v) is 4.39. The van der Waals surface area contributed by atoms with Crippen molar-refractivity contribution in [2.24, 2.45) is 0 Å². The highest BCUT2D eigenvalue weighted by atomic mass is 35.5. The van der Waals surface area contributed by atoms with E-state index in [2.05, 4.69) is 10.4 Å². The van der Waals surface area contributed by atoms with Crippen molar-refractivity contribution in [3.05, 3.63) is 77.1 Å². The zero-order valence-corrected chi connectivity index (χ0v) is 14.3. The number of amides is 1. The van der Waals surface area contributed by atoms with E-state index in [-0.39, 0.29) is 0 Å². The minimum absolute atomic E-state index is 0.332. The number of esters is 1. The first-order valence-electron chi connectivity index (χ1n) is 8.01. The van der Waals surface area contributed by atoms with Crippen LogP contribution < -0.4 is 5.32 Å². The standard InChI is InChI=1S/C19H14ClN3O3/c20-13-6-7-15(16(11-13)23-9-3-8-21-23)22-18(24)17-10-12-4-1-2-5-14(12)19(25)26-17/h1-9,11,17H,10H2,(H,22,24)/t17-/m0/s1. The largest absolute Gasteiger partial charge is 0.448 e. The van der Waals surface area contributed by atoms with Crippen molar-refractivity contribution in [1.29, 1.82) is 0 Å². The second-order valence-electron chi connectivity index (χ2n) is 5.86. The molecule has 2 aromatic carbocycles. The molecule has 0 saturated heterocycles. The Morgan fingerprint density at radius 3 is 2.88 bits per heavy atom. The van der Waals surface area contributed by atoms with Gasteiger partial charge in [-0.15, -0.1) is 0 Å². The van der Waals surface area contributed by atoms with Crippen LogP contribution in [0.1, 0.15) is 15.9 Å². The molecule has 130 valence electrons. The van der Waals surface area contributed by atoms with Gasteiger partial charge in [0.25, 0.3) is 5.91 Å². The number of aromatic nitrogens is 2. The number of carbonyl (C=O) groups is 2. The maximum atomic E-state index is 12.7. The number of cyclic esters (lactones) is 1. The number of nitrogens with zero attached hydrogens (tertiary/aromatic N) is 2. The summed E-state index contributed by atoms with van der Waals surface area (Å²) >= 11 is 6.07. The van der Waals surface area contributed by atoms with E-state index in [9.17, 15) is 9.59 Å². The summed E-state index contributed by atoms with van der Waals surface area (Å²) in [5, 5.41) is 7.50. The quantitative estimate of drug-likeness (QED) is 0.721. The maximum Gasteiger partial charge on any atom is 0.339 e. The van der Waals surface area contributed by atoms with Gasteiger partial charge in [0, 0.05) is 23.8 Å². The third kappa shape index (κ3) is 3.07. The van der Waals surface area contributed by atoms with Gasteiger partial charge in [-0.2, -0.15) is 5.10 Å². The smallest absolute Gasteiger partial charge is 0.339 e. The lowest BCUT2D eigenvalue weighted by Gasteiger charge is -2.24. The highest BCUT2D eigenvalue weighted by Crippen LogP contribution is 2.26. The van der Waals surface area contributed by atoms with Gasteiger partial charge in [-0.1, -0.05) is 29.8 Å². The van der Waals surface area contributed by atoms with Gasteiger partial charge in [0.1, 0.15) is 0 Å². The molecule has 3 aromatic rings. The monoisotopic (exact) mass is 367 g/mol. The Labute approximate surface area is 154 Å². The molecular formula is C19H14ClN3O3. The Morgan fingerprint density at radius 1 is 1.23 bits per heavy atom. The molecule has 1 aliphatic rings. The molecule has 1 atom stereocenters. The fourth-order valence-electron chi connectivity index (χ4n) is 2.90. The number of carbonyl (C=O) groups excluding carboxylic acids is 2. The molecule has 2 heterocycles. The molecule has 0 fully saturated rings. The lowest BCUT2D eigenvalue weighted by atomic mass is 9.98. The fraction of sp³-hybridized carbons (Fsp3) is 0.105. The summed E-state index contributed by atoms with van der Waals surface area (Å²) in [5.74, 6) is -0.890. The minimum Gasteiger partial charge on any atom is -0.448 e. The molecule has 0 bridgehead atoms. The summed E-state index contributed by atoms with van der Waals surface area (Å²) in [6.07, 6.45) is 2.82. The fourth-order valence-corrected chi connectivity index (χ4v) is 3.07. The third-order valence-electron chi connectivity index (χ3n) is 4.15. The van der Waals surface area contributed by atoms with Gasteiger partial charge in [-0.25, -0.2) is 9.48 Å². The van der Waals surface area contributed by atoms with Crippen LogP contribution in [-0.2, 0) is 16.0 Å². The zero-order valence-electron chi connectivity index (χ0n) is 13.6. The van der Waals surface area contributed by atoms with Crippen molar-refractivity contribution in [3.63, 3.8) is 0 Å². The van der Waals surface area contributed by atoms with Crippen LogP contribution in [0.2, 0.25) is 5.02 Å². The first-order chi connectivity index (χ1) is 12.6. The summed E-state index contributed by atoms with van der Waals surface area (Å²) < 4.78 is 6.90. The first kappa shape index (κ1) is 16.4. The van der Waals surface area contributed by atoms with Crippen LogP contribution >= 0.6 is 11.6 Å². The van der Waals surface area contributed by atoms with Crippen molar-refractivity contribution < 1.29 is 14.3 Å². The Kier molecular flexibility index (Phi) is 4.18. The number of ether oxygens (including phenoxy) is 1. The summed E-state index contributed by atoms with van der Waals surface area (Å²) in [7, 11) is 0. The molecule has 0 spiro atoms. The molecule has 26 heavy (non-hydrogen) atoms. The van der Waals surface area contributed by atoms with Crippen molar-refractivity contribution in [2.45, 2.75) is 12.5 Å². The number of hydrogen-bond acceptors (Lipinski definition) is 4. The van der Waals surface area contributed by atoms with E-state index in [1.165, 1.54) is 0 Å². The van der Waals surface area contributed by atoms with Crippen LogP contribution in [0.4, 0.5) is 5.69 Å². The van der Waals surface area contributed by atoms with Gasteiger partial charge in [0.05, 0.1) is 16.9 Å². The maximum absolute atomic E-state index is 12.7. The second kappa shape index (κ2) is 6.65. The predicted octanol–water partition coefficient (Wildman–Crippen LogP) is 3.25. The van der Waals surface area contributed by atoms with Crippen molar-refractivity contribution in [1.82, 2.24) is 9.78 Å². The number of nitrogens with one attached hydrogen (secondary N) is 1. The van der Waals surface area contributed by atoms with Crippen LogP contribution in [-0.4, -0.2) is 27.8 Å². The predicted molar refractivity (Wildman–Crippen MR) is 96.6 cm³/mol. The molecule has 0 aliphatic carbocycles. The average Bonchev–Trinajstić information content (AvgIpc) is 3.17. The highest BCUT2D eigenvalue weighted by Gasteiger charge is 2.31. The molecule has 6 nitrogen and oxygen atoms in total. The molecule has 0 unspecified atom stereocenters. The molecule has 1 aromatic heterocycles. The van der Waals surface area contributed by atoms with Crippen molar-refractivity contribution >= 4 is 29.2 Å². The number of rotatable bonds is 3. The van der Waals surface area contributed by atoms with Gasteiger partial charge in [-0.05, 0) is 35.9 Å². The first-order valence-corrected chi connectivity index (χ1v) is 8.39. The number of anilines is 1. The van der Waals surface area contributed by atoms with Crippen LogP contribution in [0.15, 0.2) is 60.9 Å². The summed E-state index contributed by atoms with van der Waals surface area (Å²) in [5.41, 5.74) is 2.45. The van der Waals surface area contributed by atoms with Crippen LogP contribution in [0.3, 0.4) is 0 Å². The zero-order chi connectivity index (χ0) is 18.1. The lowest BCUT2D eigenvalue weighted by molar-refractivity contribution is -0.125. The summed E-state index contributed by atoms with van der Waals surface area (Å²) in [6, 6.07) is 14.0. The van der Waals surface area contributed by atoms with Gasteiger partial charge in [-0.3, -0.25) is 4.79 Å². The molecule has 0 radical (unpaired) electrons. The van der Waals surface area contributed by atoms with E-state index in [1.807, 2.05) is 12.1 Å². The highest BCUT2D eigenvalue weighted by molar-refractivity contribution is 6.31. The molecule has 1 aliphatic heterocycles. The van der Waals surface area contributed by atoms with E-state index >= 15 is 0 Å². The van der Waals surface area contributed by atoms with Crippen LogP contribution in [0.5, 0.6) is 0 Å². The number of benzene rings is 2. The van der Waals surface area contributed by atoms with Gasteiger partial charge in [0.2, 0.25) is 0 Å². The van der Waals surface area contributed by atoms with Crippen molar-refractivity contribution in [2.75, 3.05) is 5.32 Å². The molecule has 7 heteroatoms. The number of halogens is 1. The summed E-state index contributed by atoms with van der Waals surface area (Å²) in [4.78, 5) is 24.8. The topological polar surface area (TPSA) is 73.2 Å². The van der Waals surface area contributed by atoms with E-state index < -0.39 is 18.0 Å². The lowest BCUT2D eigenvalue weighted by Crippen LogP contribution is -2.38. The van der Waals surface area contributed by atoms with Gasteiger partial charge >= 0.3 is 5.97 Å². The Hall–Kier alpha value is -3.12. The van der Waals surface area contributed by atoms with Crippen molar-refractivity contribution in [3.8, 4) is 5.69 Å². The SMILES string of the molecule is O=C1O[C@H](C(=O)Nc2ccc(Cl)cc2-n2cccn2)Cc2ccccc21. The average molecular weight is 368 g/mol. The molecular weight excluding hydrogens is 354 g/mol. The van der Waals surface area contributed by atoms with E-state index in [0.29, 0.717) is 28.4 Å². The number of hydrogen-bond donors (Lipinski definition) is 1. The molecule has 4 rings (SSSR count). The second-order valence-corrected chi connectivity index (χ2v) is 6.29. The molecule has 0 saturated carbocycles. The van der Waals surface area contributed by atoms with E-state index in [4.69, 9.17) is 16.3 Å². The Bertz CT molecular complexity index is 985. The van der Waals surface area contributed by atoms with Crippen LogP contribution in [0.25, 0.3) is 5.69 Å². The molecule has 1 amide bonds. The minimum atomic E-state index is -0.890. The summed E-state index contributed by atoms with van der Waals surface area (Å²) in [6.45, 7) is 0. The van der Waals surface area contributed by atoms with Gasteiger partial charge in [0.15, 0.2) is 6.10 Å². The Balaban J connectivity index is 1.59. The van der Waals surface area contributed by atoms with E-state index in [1.54, 1.807) is 53.5 Å². The Morgan fingerprint density at radius 2 is 2.08 bits per heavy atom. The normalized spacial score (nSPS) is 15.9. The van der Waals surface area contributed by atoms with E-state index in [0.717, 1.165) is 5.56 Å². The molecule has 1 N–H and O–H groups in total. The van der Waals surface area contributed by atoms with Gasteiger partial charge < -0.3 is 10.1 Å². The van der Waals surface area contributed by atoms with Crippen LogP contribution in [0, 0.1) is 0 Å². The number of fused-ring (bicyclic) bond motifs is 1.